The average Bonchev–Trinajstić information content (AvgIpc) is 3.11. The van der Waals surface area contributed by atoms with Crippen LogP contribution in [-0.2, 0) is 19.7 Å². The third kappa shape index (κ3) is 5.43. The van der Waals surface area contributed by atoms with E-state index < -0.39 is 0 Å². The number of carbonyl (C=O) groups excluding carboxylic acids is 1. The first-order valence-corrected chi connectivity index (χ1v) is 9.81. The van der Waals surface area contributed by atoms with Crippen molar-refractivity contribution >= 4 is 29.1 Å². The smallest absolute Gasteiger partial charge is 0.251 e. The number of aromatic nitrogens is 2. The summed E-state index contributed by atoms with van der Waals surface area (Å²) >= 11 is 12.0. The summed E-state index contributed by atoms with van der Waals surface area (Å²) in [5.74, 6) is 1.08. The van der Waals surface area contributed by atoms with Gasteiger partial charge in [0.05, 0.1) is 18.7 Å². The second-order valence-electron chi connectivity index (χ2n) is 6.23. The minimum absolute atomic E-state index is 0.234. The molecule has 3 rings (SSSR count). The minimum atomic E-state index is -0.234. The maximum Gasteiger partial charge on any atom is 0.251 e. The van der Waals surface area contributed by atoms with Crippen LogP contribution in [0.25, 0.3) is 0 Å². The first-order chi connectivity index (χ1) is 14.0. The normalized spacial score (nSPS) is 10.6. The van der Waals surface area contributed by atoms with Crippen molar-refractivity contribution in [3.05, 3.63) is 75.5 Å². The van der Waals surface area contributed by atoms with Crippen LogP contribution in [-0.4, -0.2) is 22.8 Å². The molecule has 0 radical (unpaired) electrons. The van der Waals surface area contributed by atoms with E-state index in [-0.39, 0.29) is 19.1 Å². The summed E-state index contributed by atoms with van der Waals surface area (Å²) in [7, 11) is 1.58. The van der Waals surface area contributed by atoms with Gasteiger partial charge in [0.1, 0.15) is 23.8 Å². The van der Waals surface area contributed by atoms with Gasteiger partial charge < -0.3 is 14.8 Å². The standard InChI is InChI=1S/C21H21Cl2N3O3/c1-3-26-12-18(23)19(25-26)11-24-21(27)14-4-9-20(28-2)15(10-14)13-29-17-7-5-16(22)6-8-17/h4-10,12H,3,11,13H2,1-2H3,(H,24,27). The van der Waals surface area contributed by atoms with E-state index in [4.69, 9.17) is 32.7 Å². The van der Waals surface area contributed by atoms with Crippen LogP contribution >= 0.6 is 23.2 Å². The van der Waals surface area contributed by atoms with Crippen molar-refractivity contribution in [1.29, 1.82) is 0 Å². The number of ether oxygens (including phenoxy) is 2. The molecule has 6 nitrogen and oxygen atoms in total. The highest BCUT2D eigenvalue weighted by atomic mass is 35.5. The number of nitrogens with zero attached hydrogens (tertiary/aromatic N) is 2. The number of carbonyl (C=O) groups is 1. The zero-order chi connectivity index (χ0) is 20.8. The lowest BCUT2D eigenvalue weighted by Gasteiger charge is -2.12. The molecule has 0 aliphatic heterocycles. The van der Waals surface area contributed by atoms with Crippen LogP contribution in [0.1, 0.15) is 28.5 Å². The van der Waals surface area contributed by atoms with E-state index in [1.807, 2.05) is 6.92 Å². The first kappa shape index (κ1) is 21.0. The monoisotopic (exact) mass is 433 g/mol. The van der Waals surface area contributed by atoms with E-state index in [9.17, 15) is 4.79 Å². The third-order valence-corrected chi connectivity index (χ3v) is 4.85. The lowest BCUT2D eigenvalue weighted by atomic mass is 10.1. The summed E-state index contributed by atoms with van der Waals surface area (Å²) in [5.41, 5.74) is 1.87. The lowest BCUT2D eigenvalue weighted by Crippen LogP contribution is -2.23. The molecule has 29 heavy (non-hydrogen) atoms. The Labute approximate surface area is 179 Å². The van der Waals surface area contributed by atoms with Gasteiger partial charge in [-0.15, -0.1) is 0 Å². The second-order valence-corrected chi connectivity index (χ2v) is 7.07. The molecular weight excluding hydrogens is 413 g/mol. The predicted octanol–water partition coefficient (Wildman–Crippen LogP) is 4.73. The summed E-state index contributed by atoms with van der Waals surface area (Å²) < 4.78 is 12.9. The van der Waals surface area contributed by atoms with Gasteiger partial charge in [-0.05, 0) is 49.4 Å². The largest absolute Gasteiger partial charge is 0.496 e. The summed E-state index contributed by atoms with van der Waals surface area (Å²) in [6.07, 6.45) is 1.74. The molecule has 0 aliphatic rings. The van der Waals surface area contributed by atoms with E-state index in [1.165, 1.54) is 0 Å². The average molecular weight is 434 g/mol. The number of nitrogens with one attached hydrogen (secondary N) is 1. The topological polar surface area (TPSA) is 65.4 Å². The van der Waals surface area contributed by atoms with Gasteiger partial charge in [0.2, 0.25) is 0 Å². The van der Waals surface area contributed by atoms with E-state index >= 15 is 0 Å². The second kappa shape index (κ2) is 9.67. The van der Waals surface area contributed by atoms with Crippen molar-refractivity contribution in [2.45, 2.75) is 26.6 Å². The van der Waals surface area contributed by atoms with Crippen molar-refractivity contribution in [2.24, 2.45) is 0 Å². The predicted molar refractivity (Wildman–Crippen MR) is 113 cm³/mol. The van der Waals surface area contributed by atoms with Crippen molar-refractivity contribution in [1.82, 2.24) is 15.1 Å². The van der Waals surface area contributed by atoms with Crippen molar-refractivity contribution in [2.75, 3.05) is 7.11 Å². The van der Waals surface area contributed by atoms with Gasteiger partial charge >= 0.3 is 0 Å². The number of halogens is 2. The molecule has 1 N–H and O–H groups in total. The first-order valence-electron chi connectivity index (χ1n) is 9.05. The van der Waals surface area contributed by atoms with Crippen LogP contribution in [0.4, 0.5) is 0 Å². The highest BCUT2D eigenvalue weighted by Crippen LogP contribution is 2.23. The Morgan fingerprint density at radius 1 is 1.17 bits per heavy atom. The molecule has 0 saturated carbocycles. The zero-order valence-corrected chi connectivity index (χ0v) is 17.6. The van der Waals surface area contributed by atoms with Crippen LogP contribution in [0.15, 0.2) is 48.7 Å². The van der Waals surface area contributed by atoms with Gasteiger partial charge in [-0.25, -0.2) is 0 Å². The third-order valence-electron chi connectivity index (χ3n) is 4.28. The zero-order valence-electron chi connectivity index (χ0n) is 16.1. The quantitative estimate of drug-likeness (QED) is 0.557. The van der Waals surface area contributed by atoms with E-state index in [2.05, 4.69) is 10.4 Å². The molecule has 0 aliphatic carbocycles. The summed E-state index contributed by atoms with van der Waals surface area (Å²) in [6, 6.07) is 12.3. The fraction of sp³-hybridized carbons (Fsp3) is 0.238. The molecule has 0 spiro atoms. The van der Waals surface area contributed by atoms with Crippen LogP contribution in [0.3, 0.4) is 0 Å². The van der Waals surface area contributed by atoms with E-state index in [0.717, 1.165) is 5.56 Å². The number of benzene rings is 2. The number of hydrogen-bond donors (Lipinski definition) is 1. The van der Waals surface area contributed by atoms with Gasteiger partial charge in [-0.2, -0.15) is 5.10 Å². The molecule has 0 unspecified atom stereocenters. The maximum absolute atomic E-state index is 12.6. The maximum atomic E-state index is 12.6. The summed E-state index contributed by atoms with van der Waals surface area (Å²) in [6.45, 7) is 3.17. The highest BCUT2D eigenvalue weighted by molar-refractivity contribution is 6.31. The van der Waals surface area contributed by atoms with Gasteiger partial charge in [0.25, 0.3) is 5.91 Å². The highest BCUT2D eigenvalue weighted by Gasteiger charge is 2.13. The number of hydrogen-bond acceptors (Lipinski definition) is 4. The molecule has 3 aromatic rings. The number of aryl methyl sites for hydroxylation is 1. The molecule has 0 fully saturated rings. The minimum Gasteiger partial charge on any atom is -0.496 e. The van der Waals surface area contributed by atoms with Crippen LogP contribution in [0.5, 0.6) is 11.5 Å². The van der Waals surface area contributed by atoms with Crippen molar-refractivity contribution in [3.63, 3.8) is 0 Å². The van der Waals surface area contributed by atoms with Crippen LogP contribution in [0.2, 0.25) is 10.0 Å². The van der Waals surface area contributed by atoms with Crippen LogP contribution < -0.4 is 14.8 Å². The Bertz CT molecular complexity index is 987. The van der Waals surface area contributed by atoms with E-state index in [1.54, 1.807) is 60.5 Å². The molecule has 1 amide bonds. The molecule has 0 atom stereocenters. The molecule has 1 aromatic heterocycles. The SMILES string of the molecule is CCn1cc(Cl)c(CNC(=O)c2ccc(OC)c(COc3ccc(Cl)cc3)c2)n1. The number of methoxy groups -OCH3 is 1. The van der Waals surface area contributed by atoms with Gasteiger partial charge in [-0.3, -0.25) is 9.48 Å². The number of amides is 1. The lowest BCUT2D eigenvalue weighted by molar-refractivity contribution is 0.0950. The Morgan fingerprint density at radius 2 is 1.93 bits per heavy atom. The molecule has 0 bridgehead atoms. The number of rotatable bonds is 8. The van der Waals surface area contributed by atoms with E-state index in [0.29, 0.717) is 39.3 Å². The molecule has 0 saturated heterocycles. The Kier molecular flexibility index (Phi) is 7.01. The molecule has 2 aromatic carbocycles. The fourth-order valence-electron chi connectivity index (χ4n) is 2.71. The fourth-order valence-corrected chi connectivity index (χ4v) is 3.05. The molecule has 8 heteroatoms. The molecule has 1 heterocycles. The van der Waals surface area contributed by atoms with Gasteiger partial charge in [0, 0.05) is 28.9 Å². The molecular formula is C21H21Cl2N3O3. The Hall–Kier alpha value is -2.70. The van der Waals surface area contributed by atoms with Crippen molar-refractivity contribution < 1.29 is 14.3 Å². The Balaban J connectivity index is 1.68. The van der Waals surface area contributed by atoms with Crippen LogP contribution in [0, 0.1) is 0 Å². The summed E-state index contributed by atoms with van der Waals surface area (Å²) in [5, 5.41) is 8.33. The summed E-state index contributed by atoms with van der Waals surface area (Å²) in [4.78, 5) is 12.6. The van der Waals surface area contributed by atoms with Gasteiger partial charge in [0.15, 0.2) is 0 Å². The van der Waals surface area contributed by atoms with Crippen molar-refractivity contribution in [3.8, 4) is 11.5 Å². The van der Waals surface area contributed by atoms with Gasteiger partial charge in [-0.1, -0.05) is 23.2 Å². The Morgan fingerprint density at radius 3 is 2.59 bits per heavy atom. The molecule has 152 valence electrons.